The number of H-pyrrole nitrogens is 1. The number of fused-ring (bicyclic) bond motifs is 3. The van der Waals surface area contributed by atoms with Crippen LogP contribution in [0.15, 0.2) is 12.7 Å². The normalized spacial score (nSPS) is 13.6. The van der Waals surface area contributed by atoms with Crippen LogP contribution in [-0.4, -0.2) is 36.6 Å². The van der Waals surface area contributed by atoms with E-state index in [1.54, 1.807) is 12.7 Å². The lowest BCUT2D eigenvalue weighted by Gasteiger charge is -2.06. The van der Waals surface area contributed by atoms with Crippen LogP contribution in [0.1, 0.15) is 18.8 Å². The van der Waals surface area contributed by atoms with E-state index in [2.05, 4.69) is 30.5 Å². The van der Waals surface area contributed by atoms with Gasteiger partial charge in [0.2, 0.25) is 0 Å². The van der Waals surface area contributed by atoms with Crippen molar-refractivity contribution in [1.29, 1.82) is 0 Å². The molecule has 0 saturated heterocycles. The molecule has 0 aliphatic carbocycles. The van der Waals surface area contributed by atoms with Crippen LogP contribution in [0, 0.1) is 0 Å². The van der Waals surface area contributed by atoms with Gasteiger partial charge in [-0.05, 0) is 14.0 Å². The van der Waals surface area contributed by atoms with E-state index < -0.39 is 0 Å². The van der Waals surface area contributed by atoms with Gasteiger partial charge < -0.3 is 10.3 Å². The van der Waals surface area contributed by atoms with Gasteiger partial charge in [-0.15, -0.1) is 10.2 Å². The quantitative estimate of drug-likeness (QED) is 0.644. The molecule has 0 aliphatic rings. The number of nitrogens with one attached hydrogen (secondary N) is 2. The van der Waals surface area contributed by atoms with Crippen LogP contribution in [0.2, 0.25) is 0 Å². The van der Waals surface area contributed by atoms with Gasteiger partial charge in [0.15, 0.2) is 17.1 Å². The molecule has 82 valence electrons. The number of nitrogens with zero attached hydrogens (tertiary/aromatic N) is 5. The highest BCUT2D eigenvalue weighted by Crippen LogP contribution is 2.16. The summed E-state index contributed by atoms with van der Waals surface area (Å²) in [5, 5.41) is 11.4. The molecule has 0 amide bonds. The standard InChI is InChI=1S/C9H11N7/c1-5(10-2)8-14-15-9-6-7(12-3-11-6)13-4-16(8)9/h3-5,10H,1-2H3,(H,11,12). The third-order valence-electron chi connectivity index (χ3n) is 2.68. The first-order valence-electron chi connectivity index (χ1n) is 5.01. The van der Waals surface area contributed by atoms with E-state index in [9.17, 15) is 0 Å². The van der Waals surface area contributed by atoms with Crippen molar-refractivity contribution >= 4 is 16.8 Å². The Hall–Kier alpha value is -2.02. The minimum atomic E-state index is 0.122. The van der Waals surface area contributed by atoms with Crippen LogP contribution in [0.5, 0.6) is 0 Å². The molecule has 0 bridgehead atoms. The topological polar surface area (TPSA) is 83.8 Å². The number of aromatic amines is 1. The van der Waals surface area contributed by atoms with Crippen LogP contribution in [0.4, 0.5) is 0 Å². The lowest BCUT2D eigenvalue weighted by molar-refractivity contribution is 0.602. The molecule has 0 aliphatic heterocycles. The molecular weight excluding hydrogens is 206 g/mol. The summed E-state index contributed by atoms with van der Waals surface area (Å²) in [7, 11) is 1.88. The second-order valence-corrected chi connectivity index (χ2v) is 3.61. The molecular formula is C9H11N7. The number of hydrogen-bond donors (Lipinski definition) is 2. The second kappa shape index (κ2) is 3.24. The first kappa shape index (κ1) is 9.22. The van der Waals surface area contributed by atoms with Crippen LogP contribution >= 0.6 is 0 Å². The van der Waals surface area contributed by atoms with Gasteiger partial charge in [0.1, 0.15) is 11.8 Å². The maximum atomic E-state index is 4.23. The zero-order valence-electron chi connectivity index (χ0n) is 8.97. The van der Waals surface area contributed by atoms with Crippen molar-refractivity contribution in [3.05, 3.63) is 18.5 Å². The van der Waals surface area contributed by atoms with Crippen molar-refractivity contribution in [1.82, 2.24) is 34.9 Å². The predicted octanol–water partition coefficient (Wildman–Crippen LogP) is 0.281. The minimum absolute atomic E-state index is 0.122. The Balaban J connectivity index is 2.34. The van der Waals surface area contributed by atoms with Gasteiger partial charge in [-0.25, -0.2) is 9.97 Å². The van der Waals surface area contributed by atoms with Gasteiger partial charge in [-0.1, -0.05) is 0 Å². The zero-order valence-corrected chi connectivity index (χ0v) is 8.97. The maximum absolute atomic E-state index is 4.23. The molecule has 2 N–H and O–H groups in total. The molecule has 3 aromatic rings. The lowest BCUT2D eigenvalue weighted by Crippen LogP contribution is -2.15. The van der Waals surface area contributed by atoms with Crippen LogP contribution in [-0.2, 0) is 0 Å². The summed E-state index contributed by atoms with van der Waals surface area (Å²) in [6, 6.07) is 0.122. The Morgan fingerprint density at radius 3 is 3.06 bits per heavy atom. The largest absolute Gasteiger partial charge is 0.340 e. The van der Waals surface area contributed by atoms with E-state index in [4.69, 9.17) is 0 Å². The van der Waals surface area contributed by atoms with Gasteiger partial charge in [0, 0.05) is 0 Å². The van der Waals surface area contributed by atoms with Crippen molar-refractivity contribution in [2.24, 2.45) is 0 Å². The van der Waals surface area contributed by atoms with Crippen LogP contribution in [0.3, 0.4) is 0 Å². The second-order valence-electron chi connectivity index (χ2n) is 3.61. The third kappa shape index (κ3) is 1.12. The van der Waals surface area contributed by atoms with Crippen LogP contribution in [0.25, 0.3) is 16.8 Å². The average Bonchev–Trinajstić information content (AvgIpc) is 2.92. The van der Waals surface area contributed by atoms with Crippen LogP contribution < -0.4 is 5.32 Å². The summed E-state index contributed by atoms with van der Waals surface area (Å²) in [4.78, 5) is 11.3. The highest BCUT2D eigenvalue weighted by atomic mass is 15.3. The molecule has 3 rings (SSSR count). The first-order valence-corrected chi connectivity index (χ1v) is 5.01. The van der Waals surface area contributed by atoms with Crippen molar-refractivity contribution in [3.63, 3.8) is 0 Å². The van der Waals surface area contributed by atoms with Crippen molar-refractivity contribution in [2.75, 3.05) is 7.05 Å². The van der Waals surface area contributed by atoms with Gasteiger partial charge >= 0.3 is 0 Å². The maximum Gasteiger partial charge on any atom is 0.189 e. The molecule has 7 nitrogen and oxygen atoms in total. The number of imidazole rings is 1. The van der Waals surface area contributed by atoms with E-state index in [0.717, 1.165) is 17.0 Å². The Kier molecular flexibility index (Phi) is 1.87. The molecule has 0 spiro atoms. The summed E-state index contributed by atoms with van der Waals surface area (Å²) in [6.45, 7) is 2.02. The monoisotopic (exact) mass is 217 g/mol. The summed E-state index contributed by atoms with van der Waals surface area (Å²) < 4.78 is 1.86. The third-order valence-corrected chi connectivity index (χ3v) is 2.68. The van der Waals surface area contributed by atoms with Gasteiger partial charge in [0.05, 0.1) is 12.4 Å². The highest BCUT2D eigenvalue weighted by Gasteiger charge is 2.14. The van der Waals surface area contributed by atoms with Gasteiger partial charge in [0.25, 0.3) is 0 Å². The average molecular weight is 217 g/mol. The van der Waals surface area contributed by atoms with E-state index in [1.165, 1.54) is 0 Å². The fraction of sp³-hybridized carbons (Fsp3) is 0.333. The molecule has 0 radical (unpaired) electrons. The number of aromatic nitrogens is 6. The summed E-state index contributed by atoms with van der Waals surface area (Å²) in [6.07, 6.45) is 3.30. The molecule has 0 saturated carbocycles. The molecule has 3 aromatic heterocycles. The van der Waals surface area contributed by atoms with E-state index >= 15 is 0 Å². The van der Waals surface area contributed by atoms with Crippen molar-refractivity contribution < 1.29 is 0 Å². The Morgan fingerprint density at radius 1 is 1.38 bits per heavy atom. The zero-order chi connectivity index (χ0) is 11.1. The van der Waals surface area contributed by atoms with Gasteiger partial charge in [-0.2, -0.15) is 0 Å². The number of rotatable bonds is 2. The molecule has 1 unspecified atom stereocenters. The fourth-order valence-corrected chi connectivity index (χ4v) is 1.67. The van der Waals surface area contributed by atoms with Gasteiger partial charge in [-0.3, -0.25) is 4.40 Å². The molecule has 7 heteroatoms. The molecule has 16 heavy (non-hydrogen) atoms. The summed E-state index contributed by atoms with van der Waals surface area (Å²) in [5.41, 5.74) is 2.22. The number of hydrogen-bond acceptors (Lipinski definition) is 5. The van der Waals surface area contributed by atoms with E-state index in [-0.39, 0.29) is 6.04 Å². The smallest absolute Gasteiger partial charge is 0.189 e. The molecule has 0 aromatic carbocycles. The van der Waals surface area contributed by atoms with Crippen molar-refractivity contribution in [3.8, 4) is 0 Å². The summed E-state index contributed by atoms with van der Waals surface area (Å²) in [5.74, 6) is 0.835. The lowest BCUT2D eigenvalue weighted by atomic mass is 10.3. The molecule has 3 heterocycles. The Bertz CT molecular complexity index is 637. The minimum Gasteiger partial charge on any atom is -0.340 e. The Labute approximate surface area is 90.9 Å². The SMILES string of the molecule is CNC(C)c1nnc2c3[nH]cnc3ncn12. The molecule has 0 fully saturated rings. The van der Waals surface area contributed by atoms with Crippen molar-refractivity contribution in [2.45, 2.75) is 13.0 Å². The predicted molar refractivity (Wildman–Crippen MR) is 57.9 cm³/mol. The van der Waals surface area contributed by atoms with E-state index in [0.29, 0.717) is 5.65 Å². The molecule has 1 atom stereocenters. The summed E-state index contributed by atoms with van der Waals surface area (Å²) >= 11 is 0. The van der Waals surface area contributed by atoms with E-state index in [1.807, 2.05) is 18.4 Å². The Morgan fingerprint density at radius 2 is 2.25 bits per heavy atom. The first-order chi connectivity index (χ1) is 7.81. The highest BCUT2D eigenvalue weighted by molar-refractivity contribution is 5.84. The fourth-order valence-electron chi connectivity index (χ4n) is 1.67.